The van der Waals surface area contributed by atoms with E-state index in [1.165, 1.54) is 5.56 Å². The molecule has 0 aliphatic heterocycles. The molecule has 0 saturated carbocycles. The number of carbonyl (C=O) groups excluding carboxylic acids is 1. The number of amides is 1. The summed E-state index contributed by atoms with van der Waals surface area (Å²) in [6.07, 6.45) is 3.20. The molecule has 1 aromatic rings. The van der Waals surface area contributed by atoms with Crippen LogP contribution in [0.15, 0.2) is 29.4 Å². The Balaban J connectivity index is 2.45. The van der Waals surface area contributed by atoms with Crippen molar-refractivity contribution in [1.29, 1.82) is 0 Å². The molecule has 92 valence electrons. The highest BCUT2D eigenvalue weighted by atomic mass is 16.2. The van der Waals surface area contributed by atoms with Gasteiger partial charge in [0.05, 0.1) is 6.21 Å². The van der Waals surface area contributed by atoms with Gasteiger partial charge in [0.15, 0.2) is 0 Å². The maximum absolute atomic E-state index is 11.3. The molecule has 0 spiro atoms. The van der Waals surface area contributed by atoms with Crippen LogP contribution >= 0.6 is 0 Å². The largest absolute Gasteiger partial charge is 0.273 e. The molecule has 0 heterocycles. The maximum Gasteiger partial charge on any atom is 0.240 e. The van der Waals surface area contributed by atoms with E-state index >= 15 is 0 Å². The van der Waals surface area contributed by atoms with Crippen LogP contribution in [0.1, 0.15) is 38.3 Å². The molecule has 17 heavy (non-hydrogen) atoms. The number of carbonyl (C=O) groups is 1. The molecule has 1 aromatic carbocycles. The summed E-state index contributed by atoms with van der Waals surface area (Å²) in [4.78, 5) is 11.3. The molecule has 0 fully saturated rings. The van der Waals surface area contributed by atoms with E-state index in [1.807, 2.05) is 26.0 Å². The molecule has 0 bridgehead atoms. The third-order valence-electron chi connectivity index (χ3n) is 2.38. The van der Waals surface area contributed by atoms with Gasteiger partial charge in [-0.1, -0.05) is 45.0 Å². The molecule has 3 heteroatoms. The van der Waals surface area contributed by atoms with E-state index in [9.17, 15) is 4.79 Å². The number of nitrogens with one attached hydrogen (secondary N) is 1. The fourth-order valence-corrected chi connectivity index (χ4v) is 1.43. The van der Waals surface area contributed by atoms with Gasteiger partial charge in [-0.25, -0.2) is 5.43 Å². The highest BCUT2D eigenvalue weighted by Gasteiger charge is 2.01. The van der Waals surface area contributed by atoms with E-state index in [1.54, 1.807) is 6.21 Å². The normalized spacial score (nSPS) is 11.1. The molecular weight excluding hydrogens is 212 g/mol. The van der Waals surface area contributed by atoms with Crippen molar-refractivity contribution in [3.05, 3.63) is 35.4 Å². The highest BCUT2D eigenvalue weighted by molar-refractivity contribution is 5.82. The van der Waals surface area contributed by atoms with Crippen LogP contribution in [-0.2, 0) is 11.2 Å². The summed E-state index contributed by atoms with van der Waals surface area (Å²) < 4.78 is 0. The van der Waals surface area contributed by atoms with E-state index < -0.39 is 0 Å². The number of hydrogen-bond donors (Lipinski definition) is 1. The van der Waals surface area contributed by atoms with E-state index in [0.717, 1.165) is 12.0 Å². The monoisotopic (exact) mass is 232 g/mol. The first kappa shape index (κ1) is 13.4. The summed E-state index contributed by atoms with van der Waals surface area (Å²) in [5.74, 6) is 0.315. The third kappa shape index (κ3) is 5.29. The van der Waals surface area contributed by atoms with E-state index in [0.29, 0.717) is 12.3 Å². The summed E-state index contributed by atoms with van der Waals surface area (Å²) in [6.45, 7) is 6.13. The Morgan fingerprint density at radius 1 is 1.35 bits per heavy atom. The number of nitrogens with zero attached hydrogens (tertiary/aromatic N) is 1. The van der Waals surface area contributed by atoms with Gasteiger partial charge in [-0.05, 0) is 23.5 Å². The summed E-state index contributed by atoms with van der Waals surface area (Å²) >= 11 is 0. The molecule has 0 unspecified atom stereocenters. The Labute approximate surface area is 103 Å². The van der Waals surface area contributed by atoms with Crippen LogP contribution < -0.4 is 5.43 Å². The van der Waals surface area contributed by atoms with Gasteiger partial charge in [0.1, 0.15) is 0 Å². The molecule has 3 nitrogen and oxygen atoms in total. The average Bonchev–Trinajstić information content (AvgIpc) is 2.29. The standard InChI is InChI=1S/C14H20N2O/c1-4-12-5-7-13(8-6-12)10-15-16-14(17)9-11(2)3/h5-8,10-11H,4,9H2,1-3H3,(H,16,17)/b15-10+. The van der Waals surface area contributed by atoms with Crippen molar-refractivity contribution >= 4 is 12.1 Å². The number of aryl methyl sites for hydroxylation is 1. The van der Waals surface area contributed by atoms with Crippen LogP contribution in [0, 0.1) is 5.92 Å². The minimum Gasteiger partial charge on any atom is -0.273 e. The molecule has 1 N–H and O–H groups in total. The molecule has 0 atom stereocenters. The minimum absolute atomic E-state index is 0.0403. The van der Waals surface area contributed by atoms with Gasteiger partial charge >= 0.3 is 0 Å². The van der Waals surface area contributed by atoms with Crippen molar-refractivity contribution in [1.82, 2.24) is 5.43 Å². The van der Waals surface area contributed by atoms with Crippen molar-refractivity contribution < 1.29 is 4.79 Å². The number of benzene rings is 1. The smallest absolute Gasteiger partial charge is 0.240 e. The lowest BCUT2D eigenvalue weighted by atomic mass is 10.1. The predicted octanol–water partition coefficient (Wildman–Crippen LogP) is 2.75. The zero-order chi connectivity index (χ0) is 12.7. The van der Waals surface area contributed by atoms with Crippen molar-refractivity contribution in [3.8, 4) is 0 Å². The Hall–Kier alpha value is -1.64. The molecule has 0 aromatic heterocycles. The number of hydrazone groups is 1. The van der Waals surface area contributed by atoms with Gasteiger partial charge in [0.25, 0.3) is 0 Å². The van der Waals surface area contributed by atoms with Crippen molar-refractivity contribution in [2.75, 3.05) is 0 Å². The van der Waals surface area contributed by atoms with E-state index in [-0.39, 0.29) is 5.91 Å². The first-order chi connectivity index (χ1) is 8.11. The summed E-state index contributed by atoms with van der Waals surface area (Å²) in [7, 11) is 0. The maximum atomic E-state index is 11.3. The zero-order valence-electron chi connectivity index (χ0n) is 10.7. The van der Waals surface area contributed by atoms with Gasteiger partial charge < -0.3 is 0 Å². The average molecular weight is 232 g/mol. The predicted molar refractivity (Wildman–Crippen MR) is 71.0 cm³/mol. The number of hydrogen-bond acceptors (Lipinski definition) is 2. The lowest BCUT2D eigenvalue weighted by Gasteiger charge is -2.02. The van der Waals surface area contributed by atoms with Crippen LogP contribution in [0.5, 0.6) is 0 Å². The molecule has 0 aliphatic rings. The van der Waals surface area contributed by atoms with Crippen molar-refractivity contribution in [2.45, 2.75) is 33.6 Å². The second kappa shape index (κ2) is 6.84. The van der Waals surface area contributed by atoms with E-state index in [4.69, 9.17) is 0 Å². The summed E-state index contributed by atoms with van der Waals surface area (Å²) in [6, 6.07) is 8.13. The highest BCUT2D eigenvalue weighted by Crippen LogP contribution is 2.02. The van der Waals surface area contributed by atoms with Crippen LogP contribution in [0.4, 0.5) is 0 Å². The molecular formula is C14H20N2O. The fraction of sp³-hybridized carbons (Fsp3) is 0.429. The first-order valence-corrected chi connectivity index (χ1v) is 6.02. The minimum atomic E-state index is -0.0403. The van der Waals surface area contributed by atoms with Gasteiger partial charge in [0.2, 0.25) is 5.91 Å². The Morgan fingerprint density at radius 3 is 2.53 bits per heavy atom. The van der Waals surface area contributed by atoms with Crippen LogP contribution in [0.3, 0.4) is 0 Å². The lowest BCUT2D eigenvalue weighted by Crippen LogP contribution is -2.19. The third-order valence-corrected chi connectivity index (χ3v) is 2.38. The molecule has 0 saturated heterocycles. The van der Waals surface area contributed by atoms with Crippen molar-refractivity contribution in [2.24, 2.45) is 11.0 Å². The molecule has 1 rings (SSSR count). The molecule has 0 radical (unpaired) electrons. The Morgan fingerprint density at radius 2 is 2.00 bits per heavy atom. The second-order valence-electron chi connectivity index (χ2n) is 4.49. The summed E-state index contributed by atoms with van der Waals surface area (Å²) in [5, 5.41) is 3.93. The second-order valence-corrected chi connectivity index (χ2v) is 4.49. The quantitative estimate of drug-likeness (QED) is 0.615. The van der Waals surface area contributed by atoms with E-state index in [2.05, 4.69) is 29.6 Å². The topological polar surface area (TPSA) is 41.5 Å². The van der Waals surface area contributed by atoms with Gasteiger partial charge in [0, 0.05) is 6.42 Å². The SMILES string of the molecule is CCc1ccc(/C=N/NC(=O)CC(C)C)cc1. The molecule has 1 amide bonds. The van der Waals surface area contributed by atoms with Gasteiger partial charge in [-0.3, -0.25) is 4.79 Å². The van der Waals surface area contributed by atoms with Crippen LogP contribution in [-0.4, -0.2) is 12.1 Å². The van der Waals surface area contributed by atoms with Gasteiger partial charge in [-0.15, -0.1) is 0 Å². The molecule has 0 aliphatic carbocycles. The van der Waals surface area contributed by atoms with Gasteiger partial charge in [-0.2, -0.15) is 5.10 Å². The summed E-state index contributed by atoms with van der Waals surface area (Å²) in [5.41, 5.74) is 4.81. The van der Waals surface area contributed by atoms with Crippen molar-refractivity contribution in [3.63, 3.8) is 0 Å². The van der Waals surface area contributed by atoms with Crippen LogP contribution in [0.25, 0.3) is 0 Å². The Kier molecular flexibility index (Phi) is 5.40. The first-order valence-electron chi connectivity index (χ1n) is 6.02. The Bertz CT molecular complexity index is 380. The zero-order valence-corrected chi connectivity index (χ0v) is 10.7. The fourth-order valence-electron chi connectivity index (χ4n) is 1.43. The lowest BCUT2D eigenvalue weighted by molar-refractivity contribution is -0.121. The number of rotatable bonds is 5. The van der Waals surface area contributed by atoms with Crippen LogP contribution in [0.2, 0.25) is 0 Å².